The van der Waals surface area contributed by atoms with Gasteiger partial charge in [0, 0.05) is 31.0 Å². The molecule has 4 rings (SSSR count). The highest BCUT2D eigenvalue weighted by Gasteiger charge is 2.28. The molecule has 8 nitrogen and oxygen atoms in total. The molecule has 1 saturated heterocycles. The largest absolute Gasteiger partial charge is 0.320 e. The van der Waals surface area contributed by atoms with Gasteiger partial charge in [-0.2, -0.15) is 9.40 Å². The fourth-order valence-corrected chi connectivity index (χ4v) is 5.61. The van der Waals surface area contributed by atoms with Gasteiger partial charge in [0.25, 0.3) is 5.91 Å². The molecule has 1 N–H and O–H groups in total. The molecule has 1 amide bonds. The molecular formula is C25H28N4O4S. The normalized spacial score (nSPS) is 16.8. The van der Waals surface area contributed by atoms with Crippen LogP contribution in [0.2, 0.25) is 0 Å². The van der Waals surface area contributed by atoms with Crippen LogP contribution in [0.15, 0.2) is 70.5 Å². The summed E-state index contributed by atoms with van der Waals surface area (Å²) in [6, 6.07) is 15.0. The molecule has 1 fully saturated rings. The number of nitrogens with zero attached hydrogens (tertiary/aromatic N) is 3. The van der Waals surface area contributed by atoms with Crippen LogP contribution >= 0.6 is 0 Å². The van der Waals surface area contributed by atoms with E-state index in [4.69, 9.17) is 0 Å². The van der Waals surface area contributed by atoms with Gasteiger partial charge in [0.1, 0.15) is 0 Å². The first-order valence-electron chi connectivity index (χ1n) is 11.4. The number of carbonyl (C=O) groups is 1. The first-order valence-corrected chi connectivity index (χ1v) is 12.8. The average Bonchev–Trinajstić information content (AvgIpc) is 2.84. The Kier molecular flexibility index (Phi) is 6.95. The number of benzene rings is 2. The van der Waals surface area contributed by atoms with Crippen molar-refractivity contribution in [2.75, 3.05) is 18.4 Å². The molecule has 1 aliphatic rings. The lowest BCUT2D eigenvalue weighted by molar-refractivity contribution is 0.101. The van der Waals surface area contributed by atoms with Crippen LogP contribution in [0.3, 0.4) is 0 Å². The molecule has 1 atom stereocenters. The fraction of sp³-hybridized carbons (Fsp3) is 0.320. The van der Waals surface area contributed by atoms with Gasteiger partial charge in [-0.05, 0) is 67.1 Å². The Morgan fingerprint density at radius 2 is 1.79 bits per heavy atom. The minimum Gasteiger partial charge on any atom is -0.320 e. The zero-order chi connectivity index (χ0) is 24.3. The maximum atomic E-state index is 12.9. The molecule has 0 spiro atoms. The van der Waals surface area contributed by atoms with E-state index in [-0.39, 0.29) is 10.6 Å². The van der Waals surface area contributed by atoms with E-state index in [1.807, 2.05) is 31.2 Å². The molecule has 0 saturated carbocycles. The van der Waals surface area contributed by atoms with Crippen molar-refractivity contribution in [1.82, 2.24) is 14.1 Å². The summed E-state index contributed by atoms with van der Waals surface area (Å²) >= 11 is 0. The van der Waals surface area contributed by atoms with Crippen LogP contribution < -0.4 is 10.7 Å². The topological polar surface area (TPSA) is 101 Å². The molecule has 1 aromatic heterocycles. The molecule has 0 radical (unpaired) electrons. The van der Waals surface area contributed by atoms with E-state index in [0.29, 0.717) is 24.7 Å². The number of rotatable bonds is 6. The Bertz CT molecular complexity index is 1330. The standard InChI is InChI=1S/C25H28N4O4S/c1-3-19-6-10-21(11-7-19)29-16-14-23(30)24(27-29)25(31)26-20-8-12-22(13-9-20)34(32,33)28-15-4-5-18(2)17-28/h6-14,16,18H,3-5,15,17H2,1-2H3,(H,26,31). The Morgan fingerprint density at radius 1 is 1.09 bits per heavy atom. The maximum Gasteiger partial charge on any atom is 0.280 e. The van der Waals surface area contributed by atoms with Crippen LogP contribution in [0.5, 0.6) is 0 Å². The van der Waals surface area contributed by atoms with Crippen molar-refractivity contribution < 1.29 is 13.2 Å². The van der Waals surface area contributed by atoms with Crippen molar-refractivity contribution in [3.8, 4) is 5.69 Å². The number of nitrogens with one attached hydrogen (secondary N) is 1. The zero-order valence-electron chi connectivity index (χ0n) is 19.3. The number of carbonyl (C=O) groups excluding carboxylic acids is 1. The second kappa shape index (κ2) is 9.90. The number of sulfonamides is 1. The van der Waals surface area contributed by atoms with Gasteiger partial charge in [0.15, 0.2) is 5.69 Å². The highest BCUT2D eigenvalue weighted by atomic mass is 32.2. The Labute approximate surface area is 199 Å². The van der Waals surface area contributed by atoms with E-state index >= 15 is 0 Å². The van der Waals surface area contributed by atoms with Crippen LogP contribution in [0.25, 0.3) is 5.69 Å². The van der Waals surface area contributed by atoms with E-state index in [1.54, 1.807) is 0 Å². The third kappa shape index (κ3) is 5.10. The molecule has 9 heteroatoms. The summed E-state index contributed by atoms with van der Waals surface area (Å²) in [5.74, 6) is -0.334. The number of piperidine rings is 1. The van der Waals surface area contributed by atoms with Crippen LogP contribution in [0.4, 0.5) is 5.69 Å². The van der Waals surface area contributed by atoms with Gasteiger partial charge in [0.05, 0.1) is 10.6 Å². The number of anilines is 1. The van der Waals surface area contributed by atoms with Crippen molar-refractivity contribution in [2.24, 2.45) is 5.92 Å². The SMILES string of the molecule is CCc1ccc(-n2ccc(=O)c(C(=O)Nc3ccc(S(=O)(=O)N4CCCC(C)C4)cc3)n2)cc1. The summed E-state index contributed by atoms with van der Waals surface area (Å²) in [5, 5.41) is 6.85. The van der Waals surface area contributed by atoms with Crippen LogP contribution in [0, 0.1) is 5.92 Å². The number of aromatic nitrogens is 2. The lowest BCUT2D eigenvalue weighted by Crippen LogP contribution is -2.39. The summed E-state index contributed by atoms with van der Waals surface area (Å²) in [5.41, 5.74) is 1.52. The highest BCUT2D eigenvalue weighted by Crippen LogP contribution is 2.24. The minimum absolute atomic E-state index is 0.176. The summed E-state index contributed by atoms with van der Waals surface area (Å²) in [4.78, 5) is 25.2. The summed E-state index contributed by atoms with van der Waals surface area (Å²) in [6.07, 6.45) is 4.29. The van der Waals surface area contributed by atoms with Gasteiger partial charge in [-0.3, -0.25) is 9.59 Å². The van der Waals surface area contributed by atoms with E-state index < -0.39 is 21.4 Å². The van der Waals surface area contributed by atoms with Gasteiger partial charge in [0.2, 0.25) is 15.5 Å². The van der Waals surface area contributed by atoms with Crippen molar-refractivity contribution in [1.29, 1.82) is 0 Å². The Hall–Kier alpha value is -3.30. The molecule has 1 unspecified atom stereocenters. The van der Waals surface area contributed by atoms with E-state index in [9.17, 15) is 18.0 Å². The number of hydrogen-bond acceptors (Lipinski definition) is 5. The second-order valence-corrected chi connectivity index (χ2v) is 10.5. The van der Waals surface area contributed by atoms with Gasteiger partial charge in [-0.1, -0.05) is 26.0 Å². The number of hydrogen-bond donors (Lipinski definition) is 1. The van der Waals surface area contributed by atoms with Crippen molar-refractivity contribution in [2.45, 2.75) is 38.0 Å². The highest BCUT2D eigenvalue weighted by molar-refractivity contribution is 7.89. The summed E-state index contributed by atoms with van der Waals surface area (Å²) < 4.78 is 28.8. The smallest absolute Gasteiger partial charge is 0.280 e. The maximum absolute atomic E-state index is 12.9. The first-order chi connectivity index (χ1) is 16.3. The quantitative estimate of drug-likeness (QED) is 0.582. The predicted molar refractivity (Wildman–Crippen MR) is 131 cm³/mol. The molecule has 2 heterocycles. The first kappa shape index (κ1) is 23.8. The van der Waals surface area contributed by atoms with E-state index in [2.05, 4.69) is 17.3 Å². The van der Waals surface area contributed by atoms with E-state index in [1.165, 1.54) is 51.1 Å². The van der Waals surface area contributed by atoms with Crippen LogP contribution in [-0.4, -0.2) is 41.5 Å². The monoisotopic (exact) mass is 480 g/mol. The van der Waals surface area contributed by atoms with Gasteiger partial charge >= 0.3 is 0 Å². The Balaban J connectivity index is 1.51. The molecule has 3 aromatic rings. The summed E-state index contributed by atoms with van der Waals surface area (Å²) in [7, 11) is -3.59. The predicted octanol–water partition coefficient (Wildman–Crippen LogP) is 3.47. The summed E-state index contributed by atoms with van der Waals surface area (Å²) in [6.45, 7) is 5.13. The van der Waals surface area contributed by atoms with Crippen LogP contribution in [-0.2, 0) is 16.4 Å². The van der Waals surface area contributed by atoms with Crippen molar-refractivity contribution in [3.05, 3.63) is 82.3 Å². The molecule has 178 valence electrons. The minimum atomic E-state index is -3.59. The second-order valence-electron chi connectivity index (χ2n) is 8.58. The third-order valence-corrected chi connectivity index (χ3v) is 7.88. The number of amides is 1. The van der Waals surface area contributed by atoms with Gasteiger partial charge in [-0.25, -0.2) is 13.1 Å². The fourth-order valence-electron chi connectivity index (χ4n) is 4.01. The lowest BCUT2D eigenvalue weighted by atomic mass is 10.0. The van der Waals surface area contributed by atoms with E-state index in [0.717, 1.165) is 24.9 Å². The number of aryl methyl sites for hydroxylation is 1. The molecule has 1 aliphatic heterocycles. The molecule has 0 bridgehead atoms. The van der Waals surface area contributed by atoms with Crippen molar-refractivity contribution >= 4 is 21.6 Å². The molecular weight excluding hydrogens is 452 g/mol. The lowest BCUT2D eigenvalue weighted by Gasteiger charge is -2.30. The zero-order valence-corrected chi connectivity index (χ0v) is 20.1. The molecule has 0 aliphatic carbocycles. The third-order valence-electron chi connectivity index (χ3n) is 6.00. The van der Waals surface area contributed by atoms with Crippen LogP contribution in [0.1, 0.15) is 42.7 Å². The average molecular weight is 481 g/mol. The molecule has 34 heavy (non-hydrogen) atoms. The van der Waals surface area contributed by atoms with Gasteiger partial charge < -0.3 is 5.32 Å². The Morgan fingerprint density at radius 3 is 2.44 bits per heavy atom. The van der Waals surface area contributed by atoms with Gasteiger partial charge in [-0.15, -0.1) is 0 Å². The van der Waals surface area contributed by atoms with Crippen molar-refractivity contribution in [3.63, 3.8) is 0 Å². The molecule has 2 aromatic carbocycles.